The number of carboxylic acids is 1. The van der Waals surface area contributed by atoms with Gasteiger partial charge in [0.05, 0.1) is 5.92 Å². The van der Waals surface area contributed by atoms with E-state index in [1.165, 1.54) is 44.9 Å². The zero-order valence-corrected chi connectivity index (χ0v) is 13.3. The van der Waals surface area contributed by atoms with Crippen LogP contribution in [-0.2, 0) is 4.79 Å². The van der Waals surface area contributed by atoms with Crippen molar-refractivity contribution in [3.05, 3.63) is 0 Å². The average Bonchev–Trinajstić information content (AvgIpc) is 2.36. The zero-order valence-electron chi connectivity index (χ0n) is 13.3. The molecule has 19 heavy (non-hydrogen) atoms. The molecule has 0 radical (unpaired) electrons. The second-order valence-corrected chi connectivity index (χ2v) is 6.06. The number of unbranched alkanes of at least 4 members (excludes halogenated alkanes) is 4. The minimum absolute atomic E-state index is 0.102. The Morgan fingerprint density at radius 1 is 0.842 bits per heavy atom. The average molecular weight is 270 g/mol. The highest BCUT2D eigenvalue weighted by Crippen LogP contribution is 2.18. The molecule has 0 rings (SSSR count). The van der Waals surface area contributed by atoms with E-state index in [2.05, 4.69) is 20.8 Å². The van der Waals surface area contributed by atoms with Gasteiger partial charge < -0.3 is 5.11 Å². The Bertz CT molecular complexity index is 213. The summed E-state index contributed by atoms with van der Waals surface area (Å²) >= 11 is 0. The first-order valence-corrected chi connectivity index (χ1v) is 8.34. The van der Waals surface area contributed by atoms with Gasteiger partial charge in [0.25, 0.3) is 0 Å². The Morgan fingerprint density at radius 3 is 1.89 bits per heavy atom. The largest absolute Gasteiger partial charge is 0.481 e. The van der Waals surface area contributed by atoms with Crippen LogP contribution in [-0.4, -0.2) is 11.1 Å². The first-order valence-electron chi connectivity index (χ1n) is 8.34. The zero-order chi connectivity index (χ0) is 14.5. The lowest BCUT2D eigenvalue weighted by atomic mass is 9.95. The number of hydrogen-bond acceptors (Lipinski definition) is 1. The summed E-state index contributed by atoms with van der Waals surface area (Å²) in [6, 6.07) is 0. The maximum atomic E-state index is 11.0. The summed E-state index contributed by atoms with van der Waals surface area (Å²) in [6.07, 6.45) is 12.9. The molecule has 0 amide bonds. The lowest BCUT2D eigenvalue weighted by Crippen LogP contribution is -2.13. The molecule has 0 heterocycles. The van der Waals surface area contributed by atoms with Gasteiger partial charge in [-0.3, -0.25) is 4.79 Å². The molecule has 0 aromatic rings. The van der Waals surface area contributed by atoms with Gasteiger partial charge in [0.1, 0.15) is 0 Å². The molecule has 0 aromatic carbocycles. The molecule has 0 fully saturated rings. The number of rotatable bonds is 13. The summed E-state index contributed by atoms with van der Waals surface area (Å²) in [5, 5.41) is 9.06. The van der Waals surface area contributed by atoms with Gasteiger partial charge in [0.2, 0.25) is 0 Å². The fraction of sp³-hybridized carbons (Fsp3) is 0.941. The predicted molar refractivity (Wildman–Crippen MR) is 82.4 cm³/mol. The maximum absolute atomic E-state index is 11.0. The summed E-state index contributed by atoms with van der Waals surface area (Å²) < 4.78 is 0. The smallest absolute Gasteiger partial charge is 0.306 e. The van der Waals surface area contributed by atoms with E-state index in [0.29, 0.717) is 0 Å². The number of carboxylic acid groups (broad SMARTS) is 1. The van der Waals surface area contributed by atoms with Crippen molar-refractivity contribution in [3.63, 3.8) is 0 Å². The summed E-state index contributed by atoms with van der Waals surface area (Å²) in [7, 11) is 0. The molecule has 0 aliphatic heterocycles. The monoisotopic (exact) mass is 270 g/mol. The first kappa shape index (κ1) is 18.5. The van der Waals surface area contributed by atoms with Gasteiger partial charge in [0, 0.05) is 0 Å². The molecular weight excluding hydrogens is 236 g/mol. The number of aliphatic carboxylic acids is 1. The van der Waals surface area contributed by atoms with Crippen LogP contribution in [0.5, 0.6) is 0 Å². The summed E-state index contributed by atoms with van der Waals surface area (Å²) in [6.45, 7) is 6.67. The first-order chi connectivity index (χ1) is 9.11. The van der Waals surface area contributed by atoms with Crippen LogP contribution in [0.2, 0.25) is 0 Å². The van der Waals surface area contributed by atoms with Gasteiger partial charge in [-0.05, 0) is 18.8 Å². The quantitative estimate of drug-likeness (QED) is 0.439. The predicted octanol–water partition coefficient (Wildman–Crippen LogP) is 5.65. The molecule has 2 atom stereocenters. The van der Waals surface area contributed by atoms with Gasteiger partial charge in [-0.15, -0.1) is 0 Å². The fourth-order valence-electron chi connectivity index (χ4n) is 2.79. The van der Waals surface area contributed by atoms with Crippen molar-refractivity contribution in [2.24, 2.45) is 11.8 Å². The van der Waals surface area contributed by atoms with Gasteiger partial charge in [-0.1, -0.05) is 78.6 Å². The van der Waals surface area contributed by atoms with E-state index in [1.54, 1.807) is 0 Å². The summed E-state index contributed by atoms with van der Waals surface area (Å²) in [5.74, 6) is 0.177. The van der Waals surface area contributed by atoms with Crippen molar-refractivity contribution < 1.29 is 9.90 Å². The Morgan fingerprint density at radius 2 is 1.37 bits per heavy atom. The molecule has 0 aromatic heterocycles. The van der Waals surface area contributed by atoms with Crippen LogP contribution in [0, 0.1) is 11.8 Å². The van der Waals surface area contributed by atoms with Crippen LogP contribution in [0.4, 0.5) is 0 Å². The molecule has 0 saturated carbocycles. The van der Waals surface area contributed by atoms with Crippen molar-refractivity contribution in [1.29, 1.82) is 0 Å². The minimum Gasteiger partial charge on any atom is -0.481 e. The van der Waals surface area contributed by atoms with E-state index >= 15 is 0 Å². The highest BCUT2D eigenvalue weighted by molar-refractivity contribution is 5.69. The molecule has 0 spiro atoms. The van der Waals surface area contributed by atoms with Crippen LogP contribution >= 0.6 is 0 Å². The van der Waals surface area contributed by atoms with Crippen molar-refractivity contribution in [3.8, 4) is 0 Å². The Kier molecular flexibility index (Phi) is 12.2. The third-order valence-electron chi connectivity index (χ3n) is 4.02. The van der Waals surface area contributed by atoms with Crippen molar-refractivity contribution in [2.75, 3.05) is 0 Å². The molecule has 2 unspecified atom stereocenters. The number of hydrogen-bond donors (Lipinski definition) is 1. The number of carbonyl (C=O) groups is 1. The van der Waals surface area contributed by atoms with Crippen molar-refractivity contribution >= 4 is 5.97 Å². The van der Waals surface area contributed by atoms with Gasteiger partial charge in [-0.2, -0.15) is 0 Å². The Balaban J connectivity index is 3.41. The van der Waals surface area contributed by atoms with Crippen LogP contribution < -0.4 is 0 Å². The highest BCUT2D eigenvalue weighted by Gasteiger charge is 2.15. The van der Waals surface area contributed by atoms with Crippen LogP contribution in [0.1, 0.15) is 91.4 Å². The van der Waals surface area contributed by atoms with E-state index in [1.807, 2.05) is 0 Å². The standard InChI is InChI=1S/C17H34O2/c1-4-11-15(3)13-9-7-6-8-10-14-16(12-5-2)17(18)19/h15-16H,4-14H2,1-3H3,(H,18,19). The SMILES string of the molecule is CCCC(C)CCCCCCCC(CCC)C(=O)O. The minimum atomic E-state index is -0.602. The lowest BCUT2D eigenvalue weighted by Gasteiger charge is -2.11. The fourth-order valence-corrected chi connectivity index (χ4v) is 2.79. The molecule has 2 heteroatoms. The molecule has 0 aliphatic rings. The van der Waals surface area contributed by atoms with Gasteiger partial charge in [-0.25, -0.2) is 0 Å². The molecular formula is C17H34O2. The molecule has 0 saturated heterocycles. The van der Waals surface area contributed by atoms with Gasteiger partial charge >= 0.3 is 5.97 Å². The van der Waals surface area contributed by atoms with E-state index in [0.717, 1.165) is 31.6 Å². The van der Waals surface area contributed by atoms with Gasteiger partial charge in [0.15, 0.2) is 0 Å². The third kappa shape index (κ3) is 11.0. The molecule has 1 N–H and O–H groups in total. The Labute approximate surface area is 120 Å². The van der Waals surface area contributed by atoms with Crippen LogP contribution in [0.3, 0.4) is 0 Å². The van der Waals surface area contributed by atoms with E-state index in [4.69, 9.17) is 5.11 Å². The summed E-state index contributed by atoms with van der Waals surface area (Å²) in [5.41, 5.74) is 0. The van der Waals surface area contributed by atoms with Crippen LogP contribution in [0.25, 0.3) is 0 Å². The molecule has 2 nitrogen and oxygen atoms in total. The van der Waals surface area contributed by atoms with E-state index in [9.17, 15) is 4.79 Å². The van der Waals surface area contributed by atoms with Crippen molar-refractivity contribution in [2.45, 2.75) is 91.4 Å². The van der Waals surface area contributed by atoms with E-state index < -0.39 is 5.97 Å². The Hall–Kier alpha value is -0.530. The second kappa shape index (κ2) is 12.5. The summed E-state index contributed by atoms with van der Waals surface area (Å²) in [4.78, 5) is 11.0. The van der Waals surface area contributed by atoms with Crippen LogP contribution in [0.15, 0.2) is 0 Å². The highest BCUT2D eigenvalue weighted by atomic mass is 16.4. The van der Waals surface area contributed by atoms with E-state index in [-0.39, 0.29) is 5.92 Å². The molecule has 0 aliphatic carbocycles. The maximum Gasteiger partial charge on any atom is 0.306 e. The molecule has 114 valence electrons. The topological polar surface area (TPSA) is 37.3 Å². The van der Waals surface area contributed by atoms with Crippen molar-refractivity contribution in [1.82, 2.24) is 0 Å². The third-order valence-corrected chi connectivity index (χ3v) is 4.02. The normalized spacial score (nSPS) is 14.3. The lowest BCUT2D eigenvalue weighted by molar-refractivity contribution is -0.142. The second-order valence-electron chi connectivity index (χ2n) is 6.06. The molecule has 0 bridgehead atoms.